The van der Waals surface area contributed by atoms with Crippen LogP contribution >= 0.6 is 7.82 Å². The smallest absolute Gasteiger partial charge is 0.306 e. The molecule has 0 fully saturated rings. The van der Waals surface area contributed by atoms with Gasteiger partial charge in [0.1, 0.15) is 19.3 Å². The summed E-state index contributed by atoms with van der Waals surface area (Å²) in [5.74, 6) is -0.638. The van der Waals surface area contributed by atoms with Crippen molar-refractivity contribution in [3.63, 3.8) is 0 Å². The Morgan fingerprint density at radius 2 is 0.793 bits per heavy atom. The maximum absolute atomic E-state index is 13.5. The van der Waals surface area contributed by atoms with E-state index in [0.717, 1.165) is 89.9 Å². The topological polar surface area (TPSA) is 114 Å². The van der Waals surface area contributed by atoms with Crippen LogP contribution in [-0.4, -0.2) is 69.4 Å². The monoisotopic (exact) mass is 1160 g/mol. The number of nitrogens with one attached hydrogen (secondary N) is 1. The van der Waals surface area contributed by atoms with Gasteiger partial charge in [0.2, 0.25) is 5.91 Å². The molecule has 0 saturated carbocycles. The number of unbranched alkanes of at least 4 members (excludes halogenated alkanes) is 28. The van der Waals surface area contributed by atoms with E-state index in [4.69, 9.17) is 13.8 Å². The van der Waals surface area contributed by atoms with Crippen LogP contribution in [0, 0.1) is 0 Å². The largest absolute Gasteiger partial charge is 0.756 e. The SMILES string of the molecule is CC/C=C/C/C=C/C/C=C/C/C=C/C/C=C/CCC(=O)NC(COP(=O)([O-])OCC[N+](C)(C)C)C(/C=C\CCCCCCCCCCCCC)OC(=O)CCCCCCCCCCCCCCCC/C=C\C/C=C\C/C=C\CCCCC. The number of amides is 1. The van der Waals surface area contributed by atoms with Crippen molar-refractivity contribution < 1.29 is 37.3 Å². The molecule has 0 aromatic heterocycles. The zero-order valence-corrected chi connectivity index (χ0v) is 54.8. The van der Waals surface area contributed by atoms with Crippen molar-refractivity contribution in [2.75, 3.05) is 40.9 Å². The fourth-order valence-electron chi connectivity index (χ4n) is 9.28. The second-order valence-electron chi connectivity index (χ2n) is 23.6. The molecule has 0 aliphatic heterocycles. The summed E-state index contributed by atoms with van der Waals surface area (Å²) < 4.78 is 30.3. The first-order valence-corrected chi connectivity index (χ1v) is 35.2. The Bertz CT molecular complexity index is 1770. The van der Waals surface area contributed by atoms with E-state index in [-0.39, 0.29) is 31.3 Å². The Morgan fingerprint density at radius 1 is 0.439 bits per heavy atom. The first-order valence-electron chi connectivity index (χ1n) is 33.7. The maximum atomic E-state index is 13.5. The van der Waals surface area contributed by atoms with Crippen molar-refractivity contribution in [3.8, 4) is 0 Å². The standard InChI is InChI=1S/C72H127N2O7P/c1-7-10-13-16-19-22-25-28-30-32-33-34-35-36-37-38-39-40-41-42-44-47-50-53-56-59-62-65-72(76)81-70(63-60-57-54-51-48-45-27-24-21-18-15-12-9-3)69(68-80-82(77,78)79-67-66-74(4,5)6)73-71(75)64-61-58-55-52-49-46-43-31-29-26-23-20-17-14-11-8-2/h11,14,19-20,22-23,28-31,33-34,46,49,55,58,60,63,69-70H,7-10,12-13,15-18,21,24-27,32,35-45,47-48,50-54,56-57,59,61-62,64-68H2,1-6H3,(H-,73,75,77,78)/b14-11+,22-19-,23-20+,30-28-,31-29+,34-33-,49-46+,58-55+,63-60-. The lowest BCUT2D eigenvalue weighted by atomic mass is 10.0. The predicted molar refractivity (Wildman–Crippen MR) is 353 cm³/mol. The van der Waals surface area contributed by atoms with Crippen LogP contribution in [0.25, 0.3) is 0 Å². The summed E-state index contributed by atoms with van der Waals surface area (Å²) in [4.78, 5) is 40.0. The van der Waals surface area contributed by atoms with E-state index in [9.17, 15) is 19.0 Å². The third-order valence-corrected chi connectivity index (χ3v) is 15.4. The van der Waals surface area contributed by atoms with E-state index in [2.05, 4.69) is 111 Å². The van der Waals surface area contributed by atoms with Crippen LogP contribution in [0.1, 0.15) is 284 Å². The van der Waals surface area contributed by atoms with Gasteiger partial charge in [-0.2, -0.15) is 0 Å². The Kier molecular flexibility index (Phi) is 58.3. The number of carbonyl (C=O) groups is 2. The number of phosphoric acid groups is 1. The van der Waals surface area contributed by atoms with Gasteiger partial charge in [0, 0.05) is 12.8 Å². The van der Waals surface area contributed by atoms with Gasteiger partial charge in [-0.15, -0.1) is 0 Å². The fourth-order valence-corrected chi connectivity index (χ4v) is 10.0. The number of quaternary nitrogens is 1. The molecule has 3 unspecified atom stereocenters. The van der Waals surface area contributed by atoms with Gasteiger partial charge >= 0.3 is 5.97 Å². The molecular weight excluding hydrogens is 1040 g/mol. The van der Waals surface area contributed by atoms with Crippen molar-refractivity contribution in [2.24, 2.45) is 0 Å². The van der Waals surface area contributed by atoms with Gasteiger partial charge in [0.05, 0.1) is 33.8 Å². The third-order valence-electron chi connectivity index (χ3n) is 14.5. The number of hydrogen-bond donors (Lipinski definition) is 1. The van der Waals surface area contributed by atoms with E-state index >= 15 is 0 Å². The number of ether oxygens (including phenoxy) is 1. The van der Waals surface area contributed by atoms with Gasteiger partial charge in [-0.05, 0) is 102 Å². The molecule has 1 amide bonds. The van der Waals surface area contributed by atoms with E-state index in [1.54, 1.807) is 0 Å². The van der Waals surface area contributed by atoms with E-state index in [1.165, 1.54) is 154 Å². The number of hydrogen-bond acceptors (Lipinski definition) is 7. The Labute approximate surface area is 506 Å². The number of carbonyl (C=O) groups excluding carboxylic acids is 2. The Hall–Kier alpha value is -3.33. The zero-order chi connectivity index (χ0) is 60.0. The van der Waals surface area contributed by atoms with Crippen molar-refractivity contribution in [1.29, 1.82) is 0 Å². The highest BCUT2D eigenvalue weighted by atomic mass is 31.2. The minimum atomic E-state index is -4.73. The Balaban J connectivity index is 5.16. The summed E-state index contributed by atoms with van der Waals surface area (Å²) in [5.41, 5.74) is 0. The summed E-state index contributed by atoms with van der Waals surface area (Å²) in [6.45, 7) is 6.65. The van der Waals surface area contributed by atoms with Crippen LogP contribution in [0.4, 0.5) is 0 Å². The highest BCUT2D eigenvalue weighted by molar-refractivity contribution is 7.45. The van der Waals surface area contributed by atoms with E-state index in [1.807, 2.05) is 45.4 Å². The fraction of sp³-hybridized carbons (Fsp3) is 0.722. The van der Waals surface area contributed by atoms with E-state index in [0.29, 0.717) is 17.4 Å². The summed E-state index contributed by atoms with van der Waals surface area (Å²) in [6, 6.07) is -0.934. The van der Waals surface area contributed by atoms with Crippen LogP contribution in [-0.2, 0) is 27.9 Å². The van der Waals surface area contributed by atoms with Crippen molar-refractivity contribution in [1.82, 2.24) is 5.32 Å². The minimum absolute atomic E-state index is 0.0398. The third kappa shape index (κ3) is 61.2. The molecule has 3 atom stereocenters. The first kappa shape index (κ1) is 78.7. The van der Waals surface area contributed by atoms with Crippen LogP contribution in [0.15, 0.2) is 109 Å². The number of esters is 1. The molecule has 9 nitrogen and oxygen atoms in total. The number of rotatable bonds is 60. The first-order chi connectivity index (χ1) is 39.9. The van der Waals surface area contributed by atoms with Gasteiger partial charge in [-0.3, -0.25) is 14.2 Å². The molecule has 0 aliphatic rings. The van der Waals surface area contributed by atoms with Crippen LogP contribution in [0.2, 0.25) is 0 Å². The number of phosphoric ester groups is 1. The molecule has 10 heteroatoms. The minimum Gasteiger partial charge on any atom is -0.756 e. The summed E-state index contributed by atoms with van der Waals surface area (Å²) in [6.07, 6.45) is 83.7. The van der Waals surface area contributed by atoms with Crippen LogP contribution in [0.5, 0.6) is 0 Å². The van der Waals surface area contributed by atoms with Gasteiger partial charge in [-0.1, -0.05) is 278 Å². The maximum Gasteiger partial charge on any atom is 0.306 e. The molecule has 0 aromatic carbocycles. The highest BCUT2D eigenvalue weighted by Gasteiger charge is 2.27. The molecule has 0 bridgehead atoms. The molecule has 0 aliphatic carbocycles. The summed E-state index contributed by atoms with van der Waals surface area (Å²) >= 11 is 0. The lowest BCUT2D eigenvalue weighted by molar-refractivity contribution is -0.870. The second kappa shape index (κ2) is 60.8. The Morgan fingerprint density at radius 3 is 1.22 bits per heavy atom. The quantitative estimate of drug-likeness (QED) is 0.0212. The molecule has 0 heterocycles. The van der Waals surface area contributed by atoms with Crippen LogP contribution < -0.4 is 10.2 Å². The average Bonchev–Trinajstić information content (AvgIpc) is 3.45. The molecule has 1 N–H and O–H groups in total. The van der Waals surface area contributed by atoms with Crippen molar-refractivity contribution >= 4 is 19.7 Å². The normalized spacial score (nSPS) is 14.3. The lowest BCUT2D eigenvalue weighted by Gasteiger charge is -2.30. The summed E-state index contributed by atoms with van der Waals surface area (Å²) in [7, 11) is 1.13. The highest BCUT2D eigenvalue weighted by Crippen LogP contribution is 2.38. The van der Waals surface area contributed by atoms with Gasteiger partial charge in [0.15, 0.2) is 0 Å². The molecule has 472 valence electrons. The predicted octanol–water partition coefficient (Wildman–Crippen LogP) is 20.7. The van der Waals surface area contributed by atoms with Crippen molar-refractivity contribution in [2.45, 2.75) is 296 Å². The number of likely N-dealkylation sites (N-methyl/N-ethyl adjacent to an activating group) is 1. The van der Waals surface area contributed by atoms with Gasteiger partial charge in [-0.25, -0.2) is 0 Å². The molecule has 0 aromatic rings. The van der Waals surface area contributed by atoms with Gasteiger partial charge in [0.25, 0.3) is 7.82 Å². The number of nitrogens with zero attached hydrogens (tertiary/aromatic N) is 1. The zero-order valence-electron chi connectivity index (χ0n) is 53.9. The number of allylic oxidation sites excluding steroid dienone is 17. The van der Waals surface area contributed by atoms with Gasteiger partial charge < -0.3 is 28.5 Å². The molecule has 82 heavy (non-hydrogen) atoms. The molecule has 0 spiro atoms. The molecular formula is C72H127N2O7P. The molecule has 0 saturated heterocycles. The summed E-state index contributed by atoms with van der Waals surface area (Å²) in [5, 5.41) is 2.98. The van der Waals surface area contributed by atoms with Crippen molar-refractivity contribution in [3.05, 3.63) is 109 Å². The molecule has 0 radical (unpaired) electrons. The second-order valence-corrected chi connectivity index (χ2v) is 25.0. The average molecular weight is 1160 g/mol. The van der Waals surface area contributed by atoms with E-state index < -0.39 is 26.6 Å². The van der Waals surface area contributed by atoms with Crippen LogP contribution in [0.3, 0.4) is 0 Å². The lowest BCUT2D eigenvalue weighted by Crippen LogP contribution is -2.47. The molecule has 0 rings (SSSR count).